The summed E-state index contributed by atoms with van der Waals surface area (Å²) in [5.74, 6) is 0.434. The van der Waals surface area contributed by atoms with Crippen LogP contribution >= 0.6 is 15.9 Å². The van der Waals surface area contributed by atoms with Gasteiger partial charge in [-0.25, -0.2) is 4.98 Å². The van der Waals surface area contributed by atoms with Gasteiger partial charge in [-0.1, -0.05) is 18.2 Å². The van der Waals surface area contributed by atoms with Crippen LogP contribution in [-0.4, -0.2) is 54.3 Å². The van der Waals surface area contributed by atoms with Gasteiger partial charge in [0.1, 0.15) is 11.9 Å². The molecule has 5 rings (SSSR count). The molecule has 1 fully saturated rings. The molecule has 1 atom stereocenters. The van der Waals surface area contributed by atoms with Gasteiger partial charge in [-0.2, -0.15) is 9.61 Å². The van der Waals surface area contributed by atoms with Crippen molar-refractivity contribution < 1.29 is 9.90 Å². The Morgan fingerprint density at radius 3 is 2.64 bits per heavy atom. The lowest BCUT2D eigenvalue weighted by molar-refractivity contribution is -0.140. The second-order valence-corrected chi connectivity index (χ2v) is 9.20. The minimum Gasteiger partial charge on any atom is -0.384 e. The first kappa shape index (κ1) is 21.7. The number of aliphatic hydroxyl groups is 1. The standard InChI is InChI=1S/C24H25BrN6O2/c1-15(32)24(33)29-10-7-16(8-11-29)21-20(25)22(26)31-23(28-21)19(13-27-31)17-9-12-30(14-17)18-5-3-2-4-6-18/h2-6,9,12-16,32H,7-8,10-11,26H2,1H3/t15-/m1/s1. The van der Waals surface area contributed by atoms with E-state index in [1.807, 2.05) is 30.5 Å². The van der Waals surface area contributed by atoms with Crippen LogP contribution in [0.3, 0.4) is 0 Å². The Kier molecular flexibility index (Phi) is 5.67. The lowest BCUT2D eigenvalue weighted by Crippen LogP contribution is -2.42. The van der Waals surface area contributed by atoms with Gasteiger partial charge in [-0.15, -0.1) is 0 Å². The third-order valence-electron chi connectivity index (χ3n) is 6.26. The number of anilines is 1. The molecule has 0 saturated carbocycles. The maximum absolute atomic E-state index is 12.1. The number of hydrogen-bond acceptors (Lipinski definition) is 5. The maximum atomic E-state index is 12.1. The molecule has 1 saturated heterocycles. The highest BCUT2D eigenvalue weighted by molar-refractivity contribution is 9.10. The second kappa shape index (κ2) is 8.64. The highest BCUT2D eigenvalue weighted by Gasteiger charge is 2.29. The van der Waals surface area contributed by atoms with Gasteiger partial charge in [-0.05, 0) is 53.9 Å². The molecule has 33 heavy (non-hydrogen) atoms. The van der Waals surface area contributed by atoms with E-state index in [1.54, 1.807) is 15.6 Å². The van der Waals surface area contributed by atoms with Crippen LogP contribution in [0.1, 0.15) is 31.4 Å². The molecule has 0 aliphatic carbocycles. The Hall–Kier alpha value is -3.17. The summed E-state index contributed by atoms with van der Waals surface area (Å²) < 4.78 is 4.47. The first-order chi connectivity index (χ1) is 15.9. The van der Waals surface area contributed by atoms with Crippen LogP contribution in [0.25, 0.3) is 22.5 Å². The summed E-state index contributed by atoms with van der Waals surface area (Å²) in [5.41, 5.74) is 11.0. The molecule has 1 amide bonds. The lowest BCUT2D eigenvalue weighted by Gasteiger charge is -2.33. The predicted octanol–water partition coefficient (Wildman–Crippen LogP) is 3.62. The fraction of sp³-hybridized carbons (Fsp3) is 0.292. The Balaban J connectivity index is 1.48. The number of aromatic nitrogens is 4. The van der Waals surface area contributed by atoms with Crippen LogP contribution < -0.4 is 5.73 Å². The van der Waals surface area contributed by atoms with E-state index in [4.69, 9.17) is 10.7 Å². The fourth-order valence-corrected chi connectivity index (χ4v) is 5.02. The van der Waals surface area contributed by atoms with Crippen LogP contribution in [0.15, 0.2) is 59.5 Å². The highest BCUT2D eigenvalue weighted by atomic mass is 79.9. The predicted molar refractivity (Wildman–Crippen MR) is 130 cm³/mol. The Bertz CT molecular complexity index is 1310. The number of halogens is 1. The molecule has 0 bridgehead atoms. The minimum absolute atomic E-state index is 0.154. The van der Waals surface area contributed by atoms with Gasteiger partial charge in [0.15, 0.2) is 5.65 Å². The number of nitrogens with zero attached hydrogens (tertiary/aromatic N) is 5. The molecule has 4 heterocycles. The molecule has 0 unspecified atom stereocenters. The summed E-state index contributed by atoms with van der Waals surface area (Å²) in [5, 5.41) is 14.1. The van der Waals surface area contributed by atoms with Gasteiger partial charge in [0.25, 0.3) is 5.91 Å². The van der Waals surface area contributed by atoms with Crippen LogP contribution in [-0.2, 0) is 4.79 Å². The third kappa shape index (κ3) is 3.91. The van der Waals surface area contributed by atoms with E-state index in [9.17, 15) is 9.90 Å². The van der Waals surface area contributed by atoms with E-state index in [-0.39, 0.29) is 11.8 Å². The number of nitrogen functional groups attached to an aromatic ring is 1. The SMILES string of the molecule is C[C@@H](O)C(=O)N1CCC(c2nc3c(-c4ccn(-c5ccccc5)c4)cnn3c(N)c2Br)CC1. The zero-order valence-corrected chi connectivity index (χ0v) is 19.8. The smallest absolute Gasteiger partial charge is 0.251 e. The zero-order chi connectivity index (χ0) is 23.1. The monoisotopic (exact) mass is 508 g/mol. The van der Waals surface area contributed by atoms with Crippen molar-refractivity contribution in [1.82, 2.24) is 24.1 Å². The molecule has 1 aromatic carbocycles. The quantitative estimate of drug-likeness (QED) is 0.438. The van der Waals surface area contributed by atoms with Gasteiger partial charge in [0.2, 0.25) is 0 Å². The molecular formula is C24H25BrN6O2. The van der Waals surface area contributed by atoms with E-state index >= 15 is 0 Å². The number of fused-ring (bicyclic) bond motifs is 1. The van der Waals surface area contributed by atoms with Crippen LogP contribution in [0.4, 0.5) is 5.82 Å². The number of likely N-dealkylation sites (tertiary alicyclic amines) is 1. The molecule has 1 aliphatic heterocycles. The molecule has 3 N–H and O–H groups in total. The number of nitrogens with two attached hydrogens (primary N) is 1. The van der Waals surface area contributed by atoms with E-state index in [1.165, 1.54) is 6.92 Å². The molecule has 0 spiro atoms. The number of para-hydroxylation sites is 1. The summed E-state index contributed by atoms with van der Waals surface area (Å²) in [4.78, 5) is 18.8. The van der Waals surface area contributed by atoms with Gasteiger partial charge in [0.05, 0.1) is 16.4 Å². The molecule has 8 nitrogen and oxygen atoms in total. The van der Waals surface area contributed by atoms with E-state index < -0.39 is 6.10 Å². The third-order valence-corrected chi connectivity index (χ3v) is 7.07. The van der Waals surface area contributed by atoms with Crippen molar-refractivity contribution in [1.29, 1.82) is 0 Å². The summed E-state index contributed by atoms with van der Waals surface area (Å²) >= 11 is 3.63. The number of carbonyl (C=O) groups excluding carboxylic acids is 1. The van der Waals surface area contributed by atoms with Crippen molar-refractivity contribution in [2.75, 3.05) is 18.8 Å². The van der Waals surface area contributed by atoms with Gasteiger partial charge >= 0.3 is 0 Å². The zero-order valence-electron chi connectivity index (χ0n) is 18.2. The van der Waals surface area contributed by atoms with Crippen LogP contribution in [0.5, 0.6) is 0 Å². The number of rotatable bonds is 4. The normalized spacial score (nSPS) is 15.8. The summed E-state index contributed by atoms with van der Waals surface area (Å²) in [6.45, 7) is 2.67. The van der Waals surface area contributed by atoms with E-state index in [0.717, 1.165) is 39.8 Å². The Morgan fingerprint density at radius 1 is 1.21 bits per heavy atom. The van der Waals surface area contributed by atoms with Crippen molar-refractivity contribution in [3.63, 3.8) is 0 Å². The number of amides is 1. The summed E-state index contributed by atoms with van der Waals surface area (Å²) in [6.07, 6.45) is 6.42. The Morgan fingerprint density at radius 2 is 1.94 bits per heavy atom. The number of piperidine rings is 1. The maximum Gasteiger partial charge on any atom is 0.251 e. The number of hydrogen-bond donors (Lipinski definition) is 2. The van der Waals surface area contributed by atoms with Crippen LogP contribution in [0.2, 0.25) is 0 Å². The number of aliphatic hydroxyl groups excluding tert-OH is 1. The summed E-state index contributed by atoms with van der Waals surface area (Å²) in [7, 11) is 0. The molecule has 4 aromatic rings. The van der Waals surface area contributed by atoms with E-state index in [0.29, 0.717) is 24.6 Å². The van der Waals surface area contributed by atoms with Gasteiger partial charge in [0, 0.05) is 48.2 Å². The summed E-state index contributed by atoms with van der Waals surface area (Å²) in [6, 6.07) is 12.2. The van der Waals surface area contributed by atoms with E-state index in [2.05, 4.69) is 43.9 Å². The van der Waals surface area contributed by atoms with Gasteiger partial charge < -0.3 is 20.3 Å². The molecular weight excluding hydrogens is 484 g/mol. The van der Waals surface area contributed by atoms with Crippen molar-refractivity contribution >= 4 is 33.3 Å². The van der Waals surface area contributed by atoms with Crippen LogP contribution in [0, 0.1) is 0 Å². The first-order valence-electron chi connectivity index (χ1n) is 11.0. The molecule has 0 radical (unpaired) electrons. The van der Waals surface area contributed by atoms with Crippen molar-refractivity contribution in [3.8, 4) is 16.8 Å². The first-order valence-corrected chi connectivity index (χ1v) is 11.8. The number of benzene rings is 1. The van der Waals surface area contributed by atoms with Gasteiger partial charge in [-0.3, -0.25) is 4.79 Å². The fourth-order valence-electron chi connectivity index (χ4n) is 4.44. The molecule has 170 valence electrons. The topological polar surface area (TPSA) is 102 Å². The number of carbonyl (C=O) groups is 1. The lowest BCUT2D eigenvalue weighted by atomic mass is 9.93. The minimum atomic E-state index is -0.976. The highest BCUT2D eigenvalue weighted by Crippen LogP contribution is 2.37. The van der Waals surface area contributed by atoms with Crippen molar-refractivity contribution in [2.45, 2.75) is 31.8 Å². The molecule has 3 aromatic heterocycles. The largest absolute Gasteiger partial charge is 0.384 e. The van der Waals surface area contributed by atoms with Crippen molar-refractivity contribution in [3.05, 3.63) is 65.2 Å². The average Bonchev–Trinajstić information content (AvgIpc) is 3.49. The van der Waals surface area contributed by atoms with Crippen molar-refractivity contribution in [2.24, 2.45) is 0 Å². The average molecular weight is 509 g/mol. The molecule has 1 aliphatic rings. The molecule has 9 heteroatoms. The second-order valence-electron chi connectivity index (χ2n) is 8.41. The Labute approximate surface area is 199 Å².